The maximum atomic E-state index is 12.6. The smallest absolute Gasteiger partial charge is 0.297 e. The fraction of sp³-hybridized carbons (Fsp3) is 0.389. The summed E-state index contributed by atoms with van der Waals surface area (Å²) in [6, 6.07) is 8.22. The van der Waals surface area contributed by atoms with Crippen LogP contribution in [-0.2, 0) is 13.6 Å². The number of aryl methyl sites for hydroxylation is 3. The highest BCUT2D eigenvalue weighted by Gasteiger charge is 2.13. The van der Waals surface area contributed by atoms with Gasteiger partial charge in [-0.15, -0.1) is 0 Å². The molecule has 1 amide bonds. The van der Waals surface area contributed by atoms with Gasteiger partial charge in [0.05, 0.1) is 15.9 Å². The molecule has 3 rings (SSSR count). The van der Waals surface area contributed by atoms with Crippen molar-refractivity contribution in [2.75, 3.05) is 0 Å². The van der Waals surface area contributed by atoms with Crippen LogP contribution >= 0.6 is 11.3 Å². The number of hydrogen-bond acceptors (Lipinski definition) is 3. The molecule has 0 aliphatic carbocycles. The molecule has 0 fully saturated rings. The topological polar surface area (TPSA) is 52.2 Å². The van der Waals surface area contributed by atoms with Gasteiger partial charge in [0.1, 0.15) is 5.69 Å². The SMILES string of the molecule is CCn1nc(C)cc1C(=O)N=c1sc2cc(C(C)C)ccc2n1C. The van der Waals surface area contributed by atoms with Gasteiger partial charge in [0.15, 0.2) is 4.80 Å². The molecule has 126 valence electrons. The number of carbonyl (C=O) groups is 1. The predicted molar refractivity (Wildman–Crippen MR) is 97.4 cm³/mol. The Hall–Kier alpha value is -2.21. The lowest BCUT2D eigenvalue weighted by Crippen LogP contribution is -2.15. The van der Waals surface area contributed by atoms with Crippen molar-refractivity contribution < 1.29 is 4.79 Å². The lowest BCUT2D eigenvalue weighted by atomic mass is 10.0. The summed E-state index contributed by atoms with van der Waals surface area (Å²) < 4.78 is 4.82. The first-order chi connectivity index (χ1) is 11.4. The van der Waals surface area contributed by atoms with Crippen molar-refractivity contribution >= 4 is 27.5 Å². The first-order valence-corrected chi connectivity index (χ1v) is 8.95. The fourth-order valence-corrected chi connectivity index (χ4v) is 3.78. The molecule has 6 heteroatoms. The van der Waals surface area contributed by atoms with Crippen LogP contribution in [0.1, 0.15) is 48.4 Å². The van der Waals surface area contributed by atoms with E-state index in [4.69, 9.17) is 0 Å². The van der Waals surface area contributed by atoms with E-state index in [1.165, 1.54) is 5.56 Å². The first kappa shape index (κ1) is 16.6. The average molecular weight is 342 g/mol. The third kappa shape index (κ3) is 2.94. The van der Waals surface area contributed by atoms with E-state index in [9.17, 15) is 4.79 Å². The molecule has 0 N–H and O–H groups in total. The molecule has 1 aromatic carbocycles. The molecule has 0 radical (unpaired) electrons. The number of fused-ring (bicyclic) bond motifs is 1. The molecule has 0 aliphatic heterocycles. The second-order valence-electron chi connectivity index (χ2n) is 6.23. The molecule has 0 saturated carbocycles. The van der Waals surface area contributed by atoms with Gasteiger partial charge in [-0.05, 0) is 43.5 Å². The summed E-state index contributed by atoms with van der Waals surface area (Å²) in [5, 5.41) is 4.32. The van der Waals surface area contributed by atoms with Gasteiger partial charge in [0, 0.05) is 13.6 Å². The molecular formula is C18H22N4OS. The van der Waals surface area contributed by atoms with Gasteiger partial charge < -0.3 is 4.57 Å². The minimum absolute atomic E-state index is 0.247. The van der Waals surface area contributed by atoms with E-state index in [2.05, 4.69) is 42.1 Å². The van der Waals surface area contributed by atoms with Crippen LogP contribution in [0.3, 0.4) is 0 Å². The zero-order chi connectivity index (χ0) is 17.4. The van der Waals surface area contributed by atoms with Gasteiger partial charge in [-0.1, -0.05) is 31.3 Å². The van der Waals surface area contributed by atoms with E-state index in [-0.39, 0.29) is 5.91 Å². The lowest BCUT2D eigenvalue weighted by molar-refractivity contribution is 0.0988. The molecule has 0 saturated heterocycles. The number of hydrogen-bond donors (Lipinski definition) is 0. The van der Waals surface area contributed by atoms with E-state index in [0.717, 1.165) is 15.9 Å². The van der Waals surface area contributed by atoms with Crippen molar-refractivity contribution in [3.05, 3.63) is 46.0 Å². The number of aromatic nitrogens is 3. The number of benzene rings is 1. The maximum absolute atomic E-state index is 12.6. The predicted octanol–water partition coefficient (Wildman–Crippen LogP) is 3.63. The van der Waals surface area contributed by atoms with E-state index < -0.39 is 0 Å². The quantitative estimate of drug-likeness (QED) is 0.730. The molecule has 0 aliphatic rings. The van der Waals surface area contributed by atoms with Crippen LogP contribution in [0.4, 0.5) is 0 Å². The monoisotopic (exact) mass is 342 g/mol. The van der Waals surface area contributed by atoms with E-state index in [1.54, 1.807) is 22.1 Å². The second-order valence-corrected chi connectivity index (χ2v) is 7.24. The van der Waals surface area contributed by atoms with Gasteiger partial charge in [-0.25, -0.2) is 0 Å². The van der Waals surface area contributed by atoms with Gasteiger partial charge in [-0.3, -0.25) is 9.48 Å². The molecule has 0 spiro atoms. The van der Waals surface area contributed by atoms with Crippen molar-refractivity contribution in [2.45, 2.75) is 40.2 Å². The van der Waals surface area contributed by atoms with Gasteiger partial charge in [0.2, 0.25) is 0 Å². The summed E-state index contributed by atoms with van der Waals surface area (Å²) in [5.41, 5.74) is 3.76. The van der Waals surface area contributed by atoms with Crippen molar-refractivity contribution in [1.82, 2.24) is 14.3 Å². The number of thiazole rings is 1. The maximum Gasteiger partial charge on any atom is 0.297 e. The summed E-state index contributed by atoms with van der Waals surface area (Å²) in [6.07, 6.45) is 0. The molecule has 3 aromatic rings. The normalized spacial score (nSPS) is 12.5. The summed E-state index contributed by atoms with van der Waals surface area (Å²) in [6.45, 7) is 8.86. The minimum atomic E-state index is -0.247. The molecule has 0 bridgehead atoms. The Morgan fingerprint density at radius 3 is 2.75 bits per heavy atom. The third-order valence-corrected chi connectivity index (χ3v) is 5.21. The zero-order valence-electron chi connectivity index (χ0n) is 14.7. The zero-order valence-corrected chi connectivity index (χ0v) is 15.5. The molecule has 0 atom stereocenters. The van der Waals surface area contributed by atoms with Gasteiger partial charge >= 0.3 is 0 Å². The molecule has 2 heterocycles. The standard InChI is InChI=1S/C18H22N4OS/c1-6-22-15(9-12(4)20-22)17(23)19-18-21(5)14-8-7-13(11(2)3)10-16(14)24-18/h7-11H,6H2,1-5H3. The Labute approximate surface area is 145 Å². The second kappa shape index (κ2) is 6.36. The van der Waals surface area contributed by atoms with Crippen LogP contribution in [-0.4, -0.2) is 20.3 Å². The highest BCUT2D eigenvalue weighted by Crippen LogP contribution is 2.23. The van der Waals surface area contributed by atoms with Crippen molar-refractivity contribution in [3.8, 4) is 0 Å². The summed E-state index contributed by atoms with van der Waals surface area (Å²) in [7, 11) is 1.95. The third-order valence-electron chi connectivity index (χ3n) is 4.12. The Morgan fingerprint density at radius 1 is 1.33 bits per heavy atom. The minimum Gasteiger partial charge on any atom is -0.319 e. The van der Waals surface area contributed by atoms with Crippen LogP contribution in [0.25, 0.3) is 10.2 Å². The molecular weight excluding hydrogens is 320 g/mol. The van der Waals surface area contributed by atoms with Crippen molar-refractivity contribution in [1.29, 1.82) is 0 Å². The van der Waals surface area contributed by atoms with Gasteiger partial charge in [-0.2, -0.15) is 10.1 Å². The number of amides is 1. The Balaban J connectivity index is 2.09. The average Bonchev–Trinajstić information content (AvgIpc) is 3.07. The highest BCUT2D eigenvalue weighted by atomic mass is 32.1. The summed E-state index contributed by atoms with van der Waals surface area (Å²) in [5.74, 6) is 0.231. The highest BCUT2D eigenvalue weighted by molar-refractivity contribution is 7.16. The summed E-state index contributed by atoms with van der Waals surface area (Å²) >= 11 is 1.54. The van der Waals surface area contributed by atoms with Crippen LogP contribution in [0, 0.1) is 6.92 Å². The molecule has 2 aromatic heterocycles. The first-order valence-electron chi connectivity index (χ1n) is 8.13. The van der Waals surface area contributed by atoms with Gasteiger partial charge in [0.25, 0.3) is 5.91 Å². The fourth-order valence-electron chi connectivity index (χ4n) is 2.72. The Kier molecular flexibility index (Phi) is 4.41. The van der Waals surface area contributed by atoms with Crippen molar-refractivity contribution in [2.24, 2.45) is 12.0 Å². The van der Waals surface area contributed by atoms with Crippen LogP contribution in [0.5, 0.6) is 0 Å². The largest absolute Gasteiger partial charge is 0.319 e. The van der Waals surface area contributed by atoms with Crippen LogP contribution in [0.2, 0.25) is 0 Å². The van der Waals surface area contributed by atoms with Crippen LogP contribution < -0.4 is 4.80 Å². The molecule has 24 heavy (non-hydrogen) atoms. The number of carbonyl (C=O) groups excluding carboxylic acids is 1. The molecule has 5 nitrogen and oxygen atoms in total. The molecule has 0 unspecified atom stereocenters. The summed E-state index contributed by atoms with van der Waals surface area (Å²) in [4.78, 5) is 17.6. The number of nitrogens with zero attached hydrogens (tertiary/aromatic N) is 4. The van der Waals surface area contributed by atoms with E-state index in [1.807, 2.05) is 25.5 Å². The van der Waals surface area contributed by atoms with Crippen molar-refractivity contribution in [3.63, 3.8) is 0 Å². The van der Waals surface area contributed by atoms with E-state index >= 15 is 0 Å². The Morgan fingerprint density at radius 2 is 2.08 bits per heavy atom. The van der Waals surface area contributed by atoms with E-state index in [0.29, 0.717) is 23.0 Å². The Bertz CT molecular complexity index is 975. The lowest BCUT2D eigenvalue weighted by Gasteiger charge is -2.04. The van der Waals surface area contributed by atoms with Crippen LogP contribution in [0.15, 0.2) is 29.3 Å². The number of rotatable bonds is 3.